The van der Waals surface area contributed by atoms with Crippen molar-refractivity contribution in [2.75, 3.05) is 0 Å². The monoisotopic (exact) mass is 288 g/mol. The zero-order valence-electron chi connectivity index (χ0n) is 11.0. The molecule has 0 saturated carbocycles. The Hall–Kier alpha value is -2.15. The summed E-state index contributed by atoms with van der Waals surface area (Å²) in [6.45, 7) is 1.83. The van der Waals surface area contributed by atoms with Gasteiger partial charge in [0, 0.05) is 12.8 Å². The quantitative estimate of drug-likeness (QED) is 0.541. The molecule has 2 aromatic heterocycles. The second kappa shape index (κ2) is 5.09. The van der Waals surface area contributed by atoms with Gasteiger partial charge < -0.3 is 0 Å². The summed E-state index contributed by atoms with van der Waals surface area (Å²) in [5, 5.41) is 8.83. The van der Waals surface area contributed by atoms with E-state index in [0.29, 0.717) is 21.8 Å². The molecular formula is C13H12N4O2S. The summed E-state index contributed by atoms with van der Waals surface area (Å²) >= 11 is 1.44. The molecule has 3 aromatic rings. The second-order valence-electron chi connectivity index (χ2n) is 4.36. The van der Waals surface area contributed by atoms with Gasteiger partial charge in [0.05, 0.1) is 10.9 Å². The molecule has 0 bridgehead atoms. The lowest BCUT2D eigenvalue weighted by Crippen LogP contribution is -2.19. The van der Waals surface area contributed by atoms with Gasteiger partial charge in [-0.1, -0.05) is 34.2 Å². The second-order valence-corrected chi connectivity index (χ2v) is 5.30. The maximum Gasteiger partial charge on any atom is 0.261 e. The van der Waals surface area contributed by atoms with E-state index in [2.05, 4.69) is 19.9 Å². The fourth-order valence-electron chi connectivity index (χ4n) is 1.84. The van der Waals surface area contributed by atoms with Crippen molar-refractivity contribution in [1.82, 2.24) is 19.9 Å². The average Bonchev–Trinajstić information content (AvgIpc) is 2.87. The van der Waals surface area contributed by atoms with E-state index in [4.69, 9.17) is 0 Å². The SMILES string of the molecule is Cc1nonc1CSc1nc2ccccc2c(=O)n1C. The van der Waals surface area contributed by atoms with Crippen LogP contribution in [0.1, 0.15) is 11.4 Å². The number of aryl methyl sites for hydroxylation is 1. The number of rotatable bonds is 3. The minimum Gasteiger partial charge on any atom is -0.290 e. The van der Waals surface area contributed by atoms with Gasteiger partial charge in [-0.05, 0) is 19.1 Å². The molecule has 0 unspecified atom stereocenters. The zero-order chi connectivity index (χ0) is 14.1. The van der Waals surface area contributed by atoms with Crippen molar-refractivity contribution < 1.29 is 4.63 Å². The van der Waals surface area contributed by atoms with E-state index in [1.807, 2.05) is 25.1 Å². The van der Waals surface area contributed by atoms with Crippen LogP contribution in [-0.4, -0.2) is 19.9 Å². The highest BCUT2D eigenvalue weighted by Crippen LogP contribution is 2.21. The molecule has 1 aromatic carbocycles. The van der Waals surface area contributed by atoms with Gasteiger partial charge in [0.15, 0.2) is 5.16 Å². The average molecular weight is 288 g/mol. The van der Waals surface area contributed by atoms with Crippen LogP contribution in [0.2, 0.25) is 0 Å². The van der Waals surface area contributed by atoms with Gasteiger partial charge in [-0.15, -0.1) is 0 Å². The lowest BCUT2D eigenvalue weighted by molar-refractivity contribution is 0.302. The fraction of sp³-hybridized carbons (Fsp3) is 0.231. The van der Waals surface area contributed by atoms with Crippen molar-refractivity contribution in [3.8, 4) is 0 Å². The van der Waals surface area contributed by atoms with Gasteiger partial charge >= 0.3 is 0 Å². The van der Waals surface area contributed by atoms with Crippen LogP contribution in [0.3, 0.4) is 0 Å². The van der Waals surface area contributed by atoms with E-state index in [9.17, 15) is 4.79 Å². The van der Waals surface area contributed by atoms with Crippen LogP contribution >= 0.6 is 11.8 Å². The molecule has 0 saturated heterocycles. The third-order valence-electron chi connectivity index (χ3n) is 3.03. The third-order valence-corrected chi connectivity index (χ3v) is 4.07. The highest BCUT2D eigenvalue weighted by Gasteiger charge is 2.11. The van der Waals surface area contributed by atoms with Crippen molar-refractivity contribution in [3.05, 3.63) is 46.0 Å². The van der Waals surface area contributed by atoms with Gasteiger partial charge in [0.1, 0.15) is 11.4 Å². The number of hydrogen-bond donors (Lipinski definition) is 0. The fourth-order valence-corrected chi connectivity index (χ4v) is 2.81. The first-order chi connectivity index (χ1) is 9.66. The maximum atomic E-state index is 12.2. The molecule has 102 valence electrons. The molecule has 2 heterocycles. The Labute approximate surface area is 118 Å². The number of thioether (sulfide) groups is 1. The lowest BCUT2D eigenvalue weighted by atomic mass is 10.2. The number of aromatic nitrogens is 4. The lowest BCUT2D eigenvalue weighted by Gasteiger charge is -2.07. The maximum absolute atomic E-state index is 12.2. The van der Waals surface area contributed by atoms with E-state index in [0.717, 1.165) is 11.4 Å². The Kier molecular flexibility index (Phi) is 3.27. The normalized spacial score (nSPS) is 11.1. The Morgan fingerprint density at radius 2 is 2.10 bits per heavy atom. The zero-order valence-corrected chi connectivity index (χ0v) is 11.8. The van der Waals surface area contributed by atoms with Crippen LogP contribution in [0.5, 0.6) is 0 Å². The highest BCUT2D eigenvalue weighted by molar-refractivity contribution is 7.98. The van der Waals surface area contributed by atoms with Gasteiger partial charge in [0.25, 0.3) is 5.56 Å². The van der Waals surface area contributed by atoms with Crippen LogP contribution < -0.4 is 5.56 Å². The first-order valence-corrected chi connectivity index (χ1v) is 7.02. The van der Waals surface area contributed by atoms with Gasteiger partial charge in [0.2, 0.25) is 0 Å². The Balaban J connectivity index is 1.98. The Morgan fingerprint density at radius 1 is 1.30 bits per heavy atom. The van der Waals surface area contributed by atoms with Crippen molar-refractivity contribution in [1.29, 1.82) is 0 Å². The minimum atomic E-state index is -0.0481. The molecule has 3 rings (SSSR count). The van der Waals surface area contributed by atoms with E-state index in [-0.39, 0.29) is 5.56 Å². The smallest absolute Gasteiger partial charge is 0.261 e. The molecule has 0 aliphatic rings. The Morgan fingerprint density at radius 3 is 2.85 bits per heavy atom. The first kappa shape index (κ1) is 12.9. The van der Waals surface area contributed by atoms with Crippen LogP contribution in [0.15, 0.2) is 38.8 Å². The topological polar surface area (TPSA) is 73.8 Å². The molecule has 0 N–H and O–H groups in total. The molecule has 0 aliphatic carbocycles. The molecule has 0 amide bonds. The van der Waals surface area contributed by atoms with Crippen molar-refractivity contribution in [2.24, 2.45) is 7.05 Å². The molecule has 0 radical (unpaired) electrons. The summed E-state index contributed by atoms with van der Waals surface area (Å²) in [4.78, 5) is 16.8. The third kappa shape index (κ3) is 2.20. The summed E-state index contributed by atoms with van der Waals surface area (Å²) in [6.07, 6.45) is 0. The van der Waals surface area contributed by atoms with Crippen molar-refractivity contribution in [2.45, 2.75) is 17.8 Å². The van der Waals surface area contributed by atoms with Crippen LogP contribution in [0.4, 0.5) is 0 Å². The standard InChI is InChI=1S/C13H12N4O2S/c1-8-11(16-19-15-8)7-20-13-14-10-6-4-3-5-9(10)12(18)17(13)2/h3-6H,7H2,1-2H3. The summed E-state index contributed by atoms with van der Waals surface area (Å²) in [6, 6.07) is 7.33. The predicted octanol–water partition coefficient (Wildman–Crippen LogP) is 1.92. The Bertz CT molecular complexity index is 825. The minimum absolute atomic E-state index is 0.0481. The number of benzene rings is 1. The molecule has 0 atom stereocenters. The van der Waals surface area contributed by atoms with Gasteiger partial charge in [-0.3, -0.25) is 9.36 Å². The summed E-state index contributed by atoms with van der Waals surface area (Å²) in [5.74, 6) is 0.563. The van der Waals surface area contributed by atoms with Gasteiger partial charge in [-0.2, -0.15) is 0 Å². The predicted molar refractivity (Wildman–Crippen MR) is 75.6 cm³/mol. The number of nitrogens with zero attached hydrogens (tertiary/aromatic N) is 4. The van der Waals surface area contributed by atoms with Crippen molar-refractivity contribution >= 4 is 22.7 Å². The molecule has 0 aliphatic heterocycles. The first-order valence-electron chi connectivity index (χ1n) is 6.03. The number of hydrogen-bond acceptors (Lipinski definition) is 6. The molecule has 7 heteroatoms. The van der Waals surface area contributed by atoms with E-state index in [1.165, 1.54) is 11.8 Å². The molecule has 6 nitrogen and oxygen atoms in total. The van der Waals surface area contributed by atoms with Crippen LogP contribution in [0.25, 0.3) is 10.9 Å². The molecule has 0 spiro atoms. The highest BCUT2D eigenvalue weighted by atomic mass is 32.2. The van der Waals surface area contributed by atoms with Gasteiger partial charge in [-0.25, -0.2) is 9.61 Å². The number of para-hydroxylation sites is 1. The van der Waals surface area contributed by atoms with Crippen LogP contribution in [-0.2, 0) is 12.8 Å². The molecular weight excluding hydrogens is 276 g/mol. The summed E-state index contributed by atoms with van der Waals surface area (Å²) in [5.41, 5.74) is 2.17. The summed E-state index contributed by atoms with van der Waals surface area (Å²) < 4.78 is 6.21. The molecule has 20 heavy (non-hydrogen) atoms. The van der Waals surface area contributed by atoms with Crippen LogP contribution in [0, 0.1) is 6.92 Å². The van der Waals surface area contributed by atoms with E-state index in [1.54, 1.807) is 17.7 Å². The molecule has 0 fully saturated rings. The van der Waals surface area contributed by atoms with E-state index >= 15 is 0 Å². The van der Waals surface area contributed by atoms with Crippen molar-refractivity contribution in [3.63, 3.8) is 0 Å². The van der Waals surface area contributed by atoms with E-state index < -0.39 is 0 Å². The number of fused-ring (bicyclic) bond motifs is 1. The summed E-state index contributed by atoms with van der Waals surface area (Å²) in [7, 11) is 1.72. The largest absolute Gasteiger partial charge is 0.290 e.